The molecule has 2 heterocycles. The summed E-state index contributed by atoms with van der Waals surface area (Å²) in [7, 11) is 0. The summed E-state index contributed by atoms with van der Waals surface area (Å²) in [5.74, 6) is 0.580. The van der Waals surface area contributed by atoms with Gasteiger partial charge in [-0.3, -0.25) is 0 Å². The lowest BCUT2D eigenvalue weighted by molar-refractivity contribution is -0.0463. The molecule has 0 radical (unpaired) electrons. The summed E-state index contributed by atoms with van der Waals surface area (Å²) in [4.78, 5) is 8.86. The number of aromatic nitrogens is 3. The first-order valence-electron chi connectivity index (χ1n) is 7.43. The summed E-state index contributed by atoms with van der Waals surface area (Å²) >= 11 is 3.52. The quantitative estimate of drug-likeness (QED) is 0.392. The Morgan fingerprint density at radius 3 is 2.86 bits per heavy atom. The second kappa shape index (κ2) is 8.42. The van der Waals surface area contributed by atoms with E-state index in [9.17, 15) is 0 Å². The maximum Gasteiger partial charge on any atom is 0.224 e. The fraction of sp³-hybridized carbons (Fsp3) is 0.571. The number of nitrogens with zero attached hydrogens (tertiary/aromatic N) is 3. The lowest BCUT2D eigenvalue weighted by atomic mass is 10.2. The van der Waals surface area contributed by atoms with E-state index in [1.807, 2.05) is 6.20 Å². The zero-order chi connectivity index (χ0) is 15.9. The van der Waals surface area contributed by atoms with Crippen molar-refractivity contribution in [2.45, 2.75) is 38.5 Å². The van der Waals surface area contributed by atoms with Crippen molar-refractivity contribution in [1.82, 2.24) is 14.5 Å². The van der Waals surface area contributed by atoms with Gasteiger partial charge in [0.2, 0.25) is 5.95 Å². The predicted octanol–water partition coefficient (Wildman–Crippen LogP) is 1.44. The number of aliphatic hydroxyl groups is 2. The van der Waals surface area contributed by atoms with Gasteiger partial charge in [0.05, 0.1) is 5.39 Å². The zero-order valence-electron chi connectivity index (χ0n) is 12.4. The maximum atomic E-state index is 8.79. The van der Waals surface area contributed by atoms with Gasteiger partial charge in [0.1, 0.15) is 5.65 Å². The van der Waals surface area contributed by atoms with Gasteiger partial charge in [0, 0.05) is 30.0 Å². The van der Waals surface area contributed by atoms with Crippen LogP contribution in [-0.4, -0.2) is 44.1 Å². The Bertz CT molecular complexity index is 602. The molecular weight excluding hydrogens is 350 g/mol. The molecular formula is C14H22BrN5O2. The fourth-order valence-corrected chi connectivity index (χ4v) is 2.72. The van der Waals surface area contributed by atoms with Crippen LogP contribution in [0.3, 0.4) is 0 Å². The number of unbranched alkanes of at least 4 members (excludes halogenated alkanes) is 1. The number of aliphatic hydroxyl groups excluding tert-OH is 1. The highest BCUT2D eigenvalue weighted by Crippen LogP contribution is 2.25. The van der Waals surface area contributed by atoms with Gasteiger partial charge in [-0.25, -0.2) is 4.98 Å². The van der Waals surface area contributed by atoms with Gasteiger partial charge in [-0.05, 0) is 48.2 Å². The van der Waals surface area contributed by atoms with Gasteiger partial charge in [-0.1, -0.05) is 0 Å². The van der Waals surface area contributed by atoms with Crippen molar-refractivity contribution in [1.29, 1.82) is 0 Å². The molecule has 2 aromatic rings. The normalized spacial score (nSPS) is 11.5. The highest BCUT2D eigenvalue weighted by Gasteiger charge is 2.09. The first-order chi connectivity index (χ1) is 10.6. The molecule has 2 aromatic heterocycles. The molecule has 0 aliphatic rings. The first kappa shape index (κ1) is 17.1. The first-order valence-corrected chi connectivity index (χ1v) is 8.22. The van der Waals surface area contributed by atoms with Gasteiger partial charge >= 0.3 is 0 Å². The summed E-state index contributed by atoms with van der Waals surface area (Å²) < 4.78 is 3.05. The van der Waals surface area contributed by atoms with E-state index in [0.717, 1.165) is 41.3 Å². The highest BCUT2D eigenvalue weighted by atomic mass is 79.9. The minimum atomic E-state index is -1.23. The van der Waals surface area contributed by atoms with Crippen molar-refractivity contribution in [3.63, 3.8) is 0 Å². The Kier molecular flexibility index (Phi) is 6.56. The molecule has 0 atom stereocenters. The average Bonchev–Trinajstić information content (AvgIpc) is 2.80. The average molecular weight is 372 g/mol. The van der Waals surface area contributed by atoms with Crippen molar-refractivity contribution >= 4 is 32.9 Å². The van der Waals surface area contributed by atoms with Gasteiger partial charge in [-0.2, -0.15) is 4.98 Å². The molecule has 0 spiro atoms. The zero-order valence-corrected chi connectivity index (χ0v) is 14.0. The Balaban J connectivity index is 1.99. The van der Waals surface area contributed by atoms with Crippen LogP contribution in [0.4, 0.5) is 5.95 Å². The molecule has 2 rings (SSSR count). The summed E-state index contributed by atoms with van der Waals surface area (Å²) in [5, 5.41) is 21.7. The molecule has 22 heavy (non-hydrogen) atoms. The Labute approximate surface area is 137 Å². The lowest BCUT2D eigenvalue weighted by Gasteiger charge is -2.07. The van der Waals surface area contributed by atoms with Crippen LogP contribution in [0.25, 0.3) is 11.0 Å². The lowest BCUT2D eigenvalue weighted by Crippen LogP contribution is -2.09. The van der Waals surface area contributed by atoms with Gasteiger partial charge < -0.3 is 25.8 Å². The third-order valence-corrected chi connectivity index (χ3v) is 3.97. The van der Waals surface area contributed by atoms with E-state index >= 15 is 0 Å². The number of anilines is 1. The molecule has 0 amide bonds. The standard InChI is InChI=1S/C14H22BrN5O2/c15-11-9-20(7-3-5-16)13-10(11)8-18-14(19-13)17-6-2-1-4-12(21)22/h8-9,12,21-22H,1-7,16H2,(H,17,18,19). The number of rotatable bonds is 9. The molecule has 0 aromatic carbocycles. The molecule has 122 valence electrons. The van der Waals surface area contributed by atoms with Crippen LogP contribution in [0.1, 0.15) is 25.7 Å². The smallest absolute Gasteiger partial charge is 0.224 e. The minimum Gasteiger partial charge on any atom is -0.368 e. The van der Waals surface area contributed by atoms with E-state index < -0.39 is 6.29 Å². The van der Waals surface area contributed by atoms with Gasteiger partial charge in [-0.15, -0.1) is 0 Å². The van der Waals surface area contributed by atoms with Crippen molar-refractivity contribution in [3.05, 3.63) is 16.9 Å². The Hall–Kier alpha value is -1.22. The number of aryl methyl sites for hydroxylation is 1. The van der Waals surface area contributed by atoms with Crippen molar-refractivity contribution in [2.75, 3.05) is 18.4 Å². The monoisotopic (exact) mass is 371 g/mol. The molecule has 0 saturated carbocycles. The van der Waals surface area contributed by atoms with Crippen LogP contribution in [0.15, 0.2) is 16.9 Å². The number of hydrogen-bond acceptors (Lipinski definition) is 6. The predicted molar refractivity (Wildman–Crippen MR) is 89.5 cm³/mol. The van der Waals surface area contributed by atoms with Crippen LogP contribution in [0.5, 0.6) is 0 Å². The van der Waals surface area contributed by atoms with E-state index in [-0.39, 0.29) is 0 Å². The summed E-state index contributed by atoms with van der Waals surface area (Å²) in [6.45, 7) is 2.16. The molecule has 5 N–H and O–H groups in total. The largest absolute Gasteiger partial charge is 0.368 e. The van der Waals surface area contributed by atoms with Crippen LogP contribution >= 0.6 is 15.9 Å². The number of fused-ring (bicyclic) bond motifs is 1. The molecule has 0 saturated heterocycles. The topological polar surface area (TPSA) is 109 Å². The maximum absolute atomic E-state index is 8.79. The molecule has 8 heteroatoms. The number of halogens is 1. The summed E-state index contributed by atoms with van der Waals surface area (Å²) in [5.41, 5.74) is 6.45. The number of nitrogens with one attached hydrogen (secondary N) is 1. The van der Waals surface area contributed by atoms with E-state index in [1.165, 1.54) is 0 Å². The van der Waals surface area contributed by atoms with Gasteiger partial charge in [0.25, 0.3) is 0 Å². The molecule has 0 aliphatic carbocycles. The van der Waals surface area contributed by atoms with E-state index in [1.54, 1.807) is 6.20 Å². The van der Waals surface area contributed by atoms with Crippen LogP contribution in [-0.2, 0) is 6.54 Å². The van der Waals surface area contributed by atoms with Crippen LogP contribution < -0.4 is 11.1 Å². The highest BCUT2D eigenvalue weighted by molar-refractivity contribution is 9.10. The third-order valence-electron chi connectivity index (χ3n) is 3.34. The number of hydrogen-bond donors (Lipinski definition) is 4. The second-order valence-corrected chi connectivity index (χ2v) is 6.00. The van der Waals surface area contributed by atoms with Crippen molar-refractivity contribution in [3.8, 4) is 0 Å². The molecule has 0 aliphatic heterocycles. The van der Waals surface area contributed by atoms with Crippen molar-refractivity contribution in [2.24, 2.45) is 5.73 Å². The van der Waals surface area contributed by atoms with Crippen molar-refractivity contribution < 1.29 is 10.2 Å². The molecule has 0 unspecified atom stereocenters. The number of nitrogens with two attached hydrogens (primary N) is 1. The van der Waals surface area contributed by atoms with Gasteiger partial charge in [0.15, 0.2) is 6.29 Å². The molecule has 0 fully saturated rings. The Morgan fingerprint density at radius 2 is 2.14 bits per heavy atom. The minimum absolute atomic E-state index is 0.385. The fourth-order valence-electron chi connectivity index (χ4n) is 2.20. The summed E-state index contributed by atoms with van der Waals surface area (Å²) in [6.07, 6.45) is 5.42. The Morgan fingerprint density at radius 1 is 1.32 bits per heavy atom. The van der Waals surface area contributed by atoms with E-state index in [2.05, 4.69) is 35.8 Å². The third kappa shape index (κ3) is 4.64. The van der Waals surface area contributed by atoms with E-state index in [4.69, 9.17) is 15.9 Å². The SMILES string of the molecule is NCCCn1cc(Br)c2cnc(NCCCCC(O)O)nc21. The summed E-state index contributed by atoms with van der Waals surface area (Å²) in [6, 6.07) is 0. The molecule has 7 nitrogen and oxygen atoms in total. The van der Waals surface area contributed by atoms with Crippen LogP contribution in [0.2, 0.25) is 0 Å². The van der Waals surface area contributed by atoms with Crippen LogP contribution in [0, 0.1) is 0 Å². The second-order valence-electron chi connectivity index (χ2n) is 5.15. The van der Waals surface area contributed by atoms with E-state index in [0.29, 0.717) is 25.5 Å². The molecule has 0 bridgehead atoms.